The molecule has 0 saturated carbocycles. The van der Waals surface area contributed by atoms with E-state index in [1.165, 1.54) is 55.2 Å². The van der Waals surface area contributed by atoms with Crippen molar-refractivity contribution in [3.05, 3.63) is 34.9 Å². The Morgan fingerprint density at radius 3 is 2.47 bits per heavy atom. The van der Waals surface area contributed by atoms with Crippen LogP contribution in [0.4, 0.5) is 0 Å². The molecule has 0 aliphatic rings. The number of alkyl halides is 1. The second-order valence-corrected chi connectivity index (χ2v) is 6.14. The van der Waals surface area contributed by atoms with Gasteiger partial charge in [0, 0.05) is 4.83 Å². The van der Waals surface area contributed by atoms with Crippen LogP contribution in [0.25, 0.3) is 0 Å². The molecule has 1 heteroatoms. The molecule has 0 nitrogen and oxygen atoms in total. The van der Waals surface area contributed by atoms with E-state index in [0.717, 1.165) is 0 Å². The molecule has 0 saturated heterocycles. The Balaban J connectivity index is 2.41. The van der Waals surface area contributed by atoms with Gasteiger partial charge < -0.3 is 0 Å². The van der Waals surface area contributed by atoms with E-state index in [1.807, 2.05) is 0 Å². The zero-order valence-electron chi connectivity index (χ0n) is 11.4. The normalized spacial score (nSPS) is 12.7. The van der Waals surface area contributed by atoms with E-state index in [2.05, 4.69) is 54.9 Å². The molecular weight excluding hydrogens is 272 g/mol. The molecule has 0 N–H and O–H groups in total. The van der Waals surface area contributed by atoms with Gasteiger partial charge in [0.2, 0.25) is 0 Å². The van der Waals surface area contributed by atoms with Crippen LogP contribution in [0, 0.1) is 13.8 Å². The van der Waals surface area contributed by atoms with Gasteiger partial charge >= 0.3 is 0 Å². The highest BCUT2D eigenvalue weighted by atomic mass is 79.9. The summed E-state index contributed by atoms with van der Waals surface area (Å²) in [5, 5.41) is 0. The van der Waals surface area contributed by atoms with Gasteiger partial charge in [-0.05, 0) is 31.4 Å². The van der Waals surface area contributed by atoms with Crippen LogP contribution in [-0.4, -0.2) is 0 Å². The van der Waals surface area contributed by atoms with Gasteiger partial charge in [-0.1, -0.05) is 78.7 Å². The molecule has 0 aliphatic heterocycles. The van der Waals surface area contributed by atoms with E-state index in [9.17, 15) is 0 Å². The van der Waals surface area contributed by atoms with Gasteiger partial charge in [-0.25, -0.2) is 0 Å². The molecule has 1 atom stereocenters. The molecule has 1 aromatic carbocycles. The summed E-state index contributed by atoms with van der Waals surface area (Å²) in [6.45, 7) is 6.65. The van der Waals surface area contributed by atoms with Gasteiger partial charge in [0.15, 0.2) is 0 Å². The minimum absolute atomic E-state index is 0.532. The highest BCUT2D eigenvalue weighted by Gasteiger charge is 2.09. The van der Waals surface area contributed by atoms with Crippen LogP contribution >= 0.6 is 15.9 Å². The predicted molar refractivity (Wildman–Crippen MR) is 81.0 cm³/mol. The maximum Gasteiger partial charge on any atom is 0.0398 e. The molecule has 0 amide bonds. The lowest BCUT2D eigenvalue weighted by Gasteiger charge is -2.14. The third kappa shape index (κ3) is 5.25. The Morgan fingerprint density at radius 1 is 1.06 bits per heavy atom. The van der Waals surface area contributed by atoms with E-state index in [1.54, 1.807) is 0 Å². The smallest absolute Gasteiger partial charge is 0.0398 e. The predicted octanol–water partition coefficient (Wildman–Crippen LogP) is 6.10. The van der Waals surface area contributed by atoms with Crippen molar-refractivity contribution >= 4 is 15.9 Å². The maximum absolute atomic E-state index is 3.84. The van der Waals surface area contributed by atoms with Crippen LogP contribution in [0.3, 0.4) is 0 Å². The number of rotatable bonds is 7. The fourth-order valence-electron chi connectivity index (χ4n) is 2.18. The van der Waals surface area contributed by atoms with Crippen LogP contribution in [0.2, 0.25) is 0 Å². The summed E-state index contributed by atoms with van der Waals surface area (Å²) >= 11 is 3.84. The van der Waals surface area contributed by atoms with E-state index in [4.69, 9.17) is 0 Å². The largest absolute Gasteiger partial charge is 0.0839 e. The van der Waals surface area contributed by atoms with E-state index in [0.29, 0.717) is 4.83 Å². The highest BCUT2D eigenvalue weighted by Crippen LogP contribution is 2.31. The number of benzene rings is 1. The van der Waals surface area contributed by atoms with E-state index >= 15 is 0 Å². The highest BCUT2D eigenvalue weighted by molar-refractivity contribution is 9.09. The van der Waals surface area contributed by atoms with Crippen molar-refractivity contribution in [2.75, 3.05) is 0 Å². The third-order valence-electron chi connectivity index (χ3n) is 3.33. The van der Waals surface area contributed by atoms with Crippen LogP contribution in [0.1, 0.15) is 67.0 Å². The summed E-state index contributed by atoms with van der Waals surface area (Å²) < 4.78 is 0. The minimum atomic E-state index is 0.532. The second-order valence-electron chi connectivity index (χ2n) is 5.03. The molecule has 96 valence electrons. The van der Waals surface area contributed by atoms with Gasteiger partial charge in [-0.3, -0.25) is 0 Å². The molecule has 17 heavy (non-hydrogen) atoms. The molecule has 0 fully saturated rings. The molecular formula is C16H25Br. The molecule has 1 unspecified atom stereocenters. The van der Waals surface area contributed by atoms with Crippen LogP contribution in [-0.2, 0) is 0 Å². The summed E-state index contributed by atoms with van der Waals surface area (Å²) in [7, 11) is 0. The zero-order valence-corrected chi connectivity index (χ0v) is 13.0. The van der Waals surface area contributed by atoms with Gasteiger partial charge in [-0.15, -0.1) is 0 Å². The Morgan fingerprint density at radius 2 is 1.76 bits per heavy atom. The molecule has 0 spiro atoms. The number of hydrogen-bond donors (Lipinski definition) is 0. The monoisotopic (exact) mass is 296 g/mol. The standard InChI is InChI=1S/C16H25Br/c1-4-5-6-7-8-9-16(17)15-12-13(2)10-11-14(15)3/h10-12,16H,4-9H2,1-3H3. The number of halogens is 1. The van der Waals surface area contributed by atoms with Crippen molar-refractivity contribution in [3.8, 4) is 0 Å². The summed E-state index contributed by atoms with van der Waals surface area (Å²) in [5.41, 5.74) is 4.24. The van der Waals surface area contributed by atoms with Gasteiger partial charge in [-0.2, -0.15) is 0 Å². The topological polar surface area (TPSA) is 0 Å². The Kier molecular flexibility index (Phi) is 6.87. The van der Waals surface area contributed by atoms with Gasteiger partial charge in [0.25, 0.3) is 0 Å². The second kappa shape index (κ2) is 7.92. The molecule has 1 rings (SSSR count). The first-order valence-corrected chi connectivity index (χ1v) is 7.78. The first-order chi connectivity index (χ1) is 8.15. The Labute approximate surface area is 115 Å². The Hall–Kier alpha value is -0.300. The molecule has 1 aromatic rings. The average molecular weight is 297 g/mol. The summed E-state index contributed by atoms with van der Waals surface area (Å²) in [6.07, 6.45) is 8.08. The van der Waals surface area contributed by atoms with Gasteiger partial charge in [0.1, 0.15) is 0 Å². The number of aryl methyl sites for hydroxylation is 2. The van der Waals surface area contributed by atoms with Crippen LogP contribution in [0.5, 0.6) is 0 Å². The summed E-state index contributed by atoms with van der Waals surface area (Å²) in [4.78, 5) is 0.532. The lowest BCUT2D eigenvalue weighted by molar-refractivity contribution is 0.605. The minimum Gasteiger partial charge on any atom is -0.0839 e. The fourth-order valence-corrected chi connectivity index (χ4v) is 3.00. The van der Waals surface area contributed by atoms with Crippen molar-refractivity contribution < 1.29 is 0 Å². The quantitative estimate of drug-likeness (QED) is 0.421. The first kappa shape index (κ1) is 14.8. The van der Waals surface area contributed by atoms with Crippen molar-refractivity contribution in [1.82, 2.24) is 0 Å². The average Bonchev–Trinajstić information content (AvgIpc) is 2.32. The van der Waals surface area contributed by atoms with Crippen molar-refractivity contribution in [1.29, 1.82) is 0 Å². The molecule has 0 aliphatic carbocycles. The van der Waals surface area contributed by atoms with Gasteiger partial charge in [0.05, 0.1) is 0 Å². The third-order valence-corrected chi connectivity index (χ3v) is 4.28. The number of unbranched alkanes of at least 4 members (excludes halogenated alkanes) is 4. The zero-order chi connectivity index (χ0) is 12.7. The SMILES string of the molecule is CCCCCCCC(Br)c1cc(C)ccc1C. The molecule has 0 bridgehead atoms. The lowest BCUT2D eigenvalue weighted by Crippen LogP contribution is -1.95. The van der Waals surface area contributed by atoms with E-state index < -0.39 is 0 Å². The molecule has 0 radical (unpaired) electrons. The van der Waals surface area contributed by atoms with E-state index in [-0.39, 0.29) is 0 Å². The van der Waals surface area contributed by atoms with Crippen LogP contribution in [0.15, 0.2) is 18.2 Å². The van der Waals surface area contributed by atoms with Crippen molar-refractivity contribution in [3.63, 3.8) is 0 Å². The number of hydrogen-bond acceptors (Lipinski definition) is 0. The lowest BCUT2D eigenvalue weighted by atomic mass is 9.99. The first-order valence-electron chi connectivity index (χ1n) is 6.86. The van der Waals surface area contributed by atoms with Crippen LogP contribution < -0.4 is 0 Å². The molecule has 0 heterocycles. The molecule has 0 aromatic heterocycles. The Bertz CT molecular complexity index is 330. The van der Waals surface area contributed by atoms with Crippen molar-refractivity contribution in [2.45, 2.75) is 64.1 Å². The fraction of sp³-hybridized carbons (Fsp3) is 0.625. The maximum atomic E-state index is 3.84. The summed E-state index contributed by atoms with van der Waals surface area (Å²) in [6, 6.07) is 6.75. The van der Waals surface area contributed by atoms with Crippen molar-refractivity contribution in [2.24, 2.45) is 0 Å². The summed E-state index contributed by atoms with van der Waals surface area (Å²) in [5.74, 6) is 0.